The third-order valence-electron chi connectivity index (χ3n) is 1.93. The van der Waals surface area contributed by atoms with Crippen LogP contribution in [-0.4, -0.2) is 12.6 Å². The maximum atomic E-state index is 11.2. The summed E-state index contributed by atoms with van der Waals surface area (Å²) < 4.78 is 5.99. The third-order valence-corrected chi connectivity index (χ3v) is 3.46. The van der Waals surface area contributed by atoms with Crippen LogP contribution in [0.25, 0.3) is 0 Å². The van der Waals surface area contributed by atoms with E-state index in [-0.39, 0.29) is 11.9 Å². The Morgan fingerprint density at radius 3 is 2.93 bits per heavy atom. The Hall–Kier alpha value is -0.350. The van der Waals surface area contributed by atoms with E-state index in [2.05, 4.69) is 27.4 Å². The van der Waals surface area contributed by atoms with Gasteiger partial charge >= 0.3 is 5.97 Å². The van der Waals surface area contributed by atoms with E-state index in [4.69, 9.17) is 4.74 Å². The predicted molar refractivity (Wildman–Crippen MR) is 61.7 cm³/mol. The van der Waals surface area contributed by atoms with Gasteiger partial charge in [0.15, 0.2) is 0 Å². The van der Waals surface area contributed by atoms with Gasteiger partial charge in [0.1, 0.15) is 0 Å². The van der Waals surface area contributed by atoms with Gasteiger partial charge < -0.3 is 4.74 Å². The summed E-state index contributed by atoms with van der Waals surface area (Å²) in [5, 5.41) is 2.06. The largest absolute Gasteiger partial charge is 0.466 e. The number of ether oxygens (including phenoxy) is 1. The molecule has 0 aliphatic carbocycles. The monoisotopic (exact) mass is 276 g/mol. The van der Waals surface area contributed by atoms with Crippen molar-refractivity contribution in [1.29, 1.82) is 0 Å². The van der Waals surface area contributed by atoms with Crippen molar-refractivity contribution in [2.75, 3.05) is 6.61 Å². The first-order chi connectivity index (χ1) is 6.63. The van der Waals surface area contributed by atoms with Crippen LogP contribution in [0.4, 0.5) is 0 Å². The second-order valence-electron chi connectivity index (χ2n) is 3.09. The van der Waals surface area contributed by atoms with E-state index in [1.165, 1.54) is 5.56 Å². The number of hydrogen-bond donors (Lipinski definition) is 0. The molecule has 1 aromatic heterocycles. The lowest BCUT2D eigenvalue weighted by atomic mass is 10.0. The smallest absolute Gasteiger partial charge is 0.306 e. The number of esters is 1. The zero-order valence-corrected chi connectivity index (χ0v) is 10.7. The van der Waals surface area contributed by atoms with Crippen LogP contribution < -0.4 is 0 Å². The van der Waals surface area contributed by atoms with Gasteiger partial charge in [-0.1, -0.05) is 6.92 Å². The molecule has 0 aliphatic heterocycles. The van der Waals surface area contributed by atoms with Gasteiger partial charge in [-0.15, -0.1) is 11.3 Å². The molecule has 0 saturated carbocycles. The fourth-order valence-corrected chi connectivity index (χ4v) is 2.47. The van der Waals surface area contributed by atoms with Crippen molar-refractivity contribution in [2.24, 2.45) is 0 Å². The molecule has 0 aromatic carbocycles. The highest BCUT2D eigenvalue weighted by Gasteiger charge is 2.12. The van der Waals surface area contributed by atoms with Gasteiger partial charge in [-0.05, 0) is 45.8 Å². The molecule has 1 rings (SSSR count). The summed E-state index contributed by atoms with van der Waals surface area (Å²) in [5.74, 6) is 0.110. The molecule has 1 unspecified atom stereocenters. The summed E-state index contributed by atoms with van der Waals surface area (Å²) in [6.45, 7) is 4.31. The Kier molecular flexibility index (Phi) is 4.62. The minimum absolute atomic E-state index is 0.123. The topological polar surface area (TPSA) is 26.3 Å². The van der Waals surface area contributed by atoms with Crippen molar-refractivity contribution >= 4 is 33.2 Å². The fraction of sp³-hybridized carbons (Fsp3) is 0.500. The van der Waals surface area contributed by atoms with Gasteiger partial charge in [0, 0.05) is 0 Å². The molecule has 1 aromatic rings. The Labute approximate surface area is 96.4 Å². The van der Waals surface area contributed by atoms with Crippen LogP contribution in [0.15, 0.2) is 15.2 Å². The van der Waals surface area contributed by atoms with Crippen LogP contribution in [0.3, 0.4) is 0 Å². The summed E-state index contributed by atoms with van der Waals surface area (Å²) in [5.41, 5.74) is 1.19. The molecule has 0 bridgehead atoms. The summed E-state index contributed by atoms with van der Waals surface area (Å²) in [7, 11) is 0. The lowest BCUT2D eigenvalue weighted by Gasteiger charge is -2.08. The Bertz CT molecular complexity index is 309. The van der Waals surface area contributed by atoms with Crippen LogP contribution in [0.2, 0.25) is 0 Å². The molecule has 2 nitrogen and oxygen atoms in total. The summed E-state index contributed by atoms with van der Waals surface area (Å²) in [6.07, 6.45) is 0.455. The zero-order valence-electron chi connectivity index (χ0n) is 8.25. The Morgan fingerprint density at radius 1 is 1.71 bits per heavy atom. The summed E-state index contributed by atoms with van der Waals surface area (Å²) >= 11 is 5.04. The molecule has 78 valence electrons. The van der Waals surface area contributed by atoms with E-state index in [1.54, 1.807) is 11.3 Å². The molecule has 0 radical (unpaired) electrons. The lowest BCUT2D eigenvalue weighted by molar-refractivity contribution is -0.143. The highest BCUT2D eigenvalue weighted by Crippen LogP contribution is 2.28. The van der Waals surface area contributed by atoms with E-state index in [9.17, 15) is 4.79 Å². The molecule has 0 saturated heterocycles. The average Bonchev–Trinajstić information content (AvgIpc) is 2.52. The van der Waals surface area contributed by atoms with Gasteiger partial charge in [-0.2, -0.15) is 0 Å². The maximum Gasteiger partial charge on any atom is 0.306 e. The van der Waals surface area contributed by atoms with Crippen LogP contribution in [0.5, 0.6) is 0 Å². The van der Waals surface area contributed by atoms with E-state index >= 15 is 0 Å². The SMILES string of the molecule is CCOC(=O)CC(C)c1csc(Br)c1. The fourth-order valence-electron chi connectivity index (χ4n) is 1.17. The van der Waals surface area contributed by atoms with Crippen LogP contribution >= 0.6 is 27.3 Å². The predicted octanol–water partition coefficient (Wildman–Crippen LogP) is 3.57. The highest BCUT2D eigenvalue weighted by molar-refractivity contribution is 9.11. The minimum Gasteiger partial charge on any atom is -0.466 e. The highest BCUT2D eigenvalue weighted by atomic mass is 79.9. The number of carbonyl (C=O) groups excluding carboxylic acids is 1. The first-order valence-electron chi connectivity index (χ1n) is 4.53. The van der Waals surface area contributed by atoms with E-state index < -0.39 is 0 Å². The molecule has 4 heteroatoms. The van der Waals surface area contributed by atoms with Crippen LogP contribution in [0, 0.1) is 0 Å². The molecular formula is C10H13BrO2S. The van der Waals surface area contributed by atoms with E-state index in [0.29, 0.717) is 13.0 Å². The summed E-state index contributed by atoms with van der Waals surface area (Å²) in [4.78, 5) is 11.2. The van der Waals surface area contributed by atoms with Crippen molar-refractivity contribution in [3.05, 3.63) is 20.8 Å². The molecule has 1 heterocycles. The normalized spacial score (nSPS) is 12.5. The standard InChI is InChI=1S/C10H13BrO2S/c1-3-13-10(12)4-7(2)8-5-9(11)14-6-8/h5-7H,3-4H2,1-2H3. The first kappa shape index (κ1) is 11.7. The molecule has 0 spiro atoms. The molecule has 0 aliphatic rings. The third kappa shape index (κ3) is 3.42. The van der Waals surface area contributed by atoms with E-state index in [0.717, 1.165) is 3.79 Å². The second kappa shape index (κ2) is 5.51. The maximum absolute atomic E-state index is 11.2. The van der Waals surface area contributed by atoms with Crippen molar-refractivity contribution in [1.82, 2.24) is 0 Å². The van der Waals surface area contributed by atoms with Crippen molar-refractivity contribution in [2.45, 2.75) is 26.2 Å². The molecule has 1 atom stereocenters. The Morgan fingerprint density at radius 2 is 2.43 bits per heavy atom. The molecule has 0 fully saturated rings. The van der Waals surface area contributed by atoms with Crippen molar-refractivity contribution < 1.29 is 9.53 Å². The van der Waals surface area contributed by atoms with Crippen molar-refractivity contribution in [3.8, 4) is 0 Å². The molecular weight excluding hydrogens is 264 g/mol. The summed E-state index contributed by atoms with van der Waals surface area (Å²) in [6, 6.07) is 2.05. The molecule has 0 amide bonds. The molecule has 0 N–H and O–H groups in total. The van der Waals surface area contributed by atoms with Gasteiger partial charge in [0.05, 0.1) is 16.8 Å². The van der Waals surface area contributed by atoms with Gasteiger partial charge in [0.2, 0.25) is 0 Å². The minimum atomic E-state index is -0.123. The first-order valence-corrected chi connectivity index (χ1v) is 6.20. The van der Waals surface area contributed by atoms with Crippen molar-refractivity contribution in [3.63, 3.8) is 0 Å². The second-order valence-corrected chi connectivity index (χ2v) is 5.38. The molecule has 14 heavy (non-hydrogen) atoms. The van der Waals surface area contributed by atoms with Gasteiger partial charge in [0.25, 0.3) is 0 Å². The van der Waals surface area contributed by atoms with Gasteiger partial charge in [-0.3, -0.25) is 4.79 Å². The number of thiophene rings is 1. The number of rotatable bonds is 4. The van der Waals surface area contributed by atoms with Gasteiger partial charge in [-0.25, -0.2) is 0 Å². The lowest BCUT2D eigenvalue weighted by Crippen LogP contribution is -2.07. The average molecular weight is 277 g/mol. The zero-order chi connectivity index (χ0) is 10.6. The van der Waals surface area contributed by atoms with Crippen LogP contribution in [0.1, 0.15) is 31.7 Å². The Balaban J connectivity index is 2.50. The number of hydrogen-bond acceptors (Lipinski definition) is 3. The van der Waals surface area contributed by atoms with E-state index in [1.807, 2.05) is 13.8 Å². The van der Waals surface area contributed by atoms with Crippen LogP contribution in [-0.2, 0) is 9.53 Å². The number of carbonyl (C=O) groups is 1. The number of halogens is 1. The quantitative estimate of drug-likeness (QED) is 0.786.